The molecule has 4 aromatic carbocycles. The molecule has 232 valence electrons. The van der Waals surface area contributed by atoms with Gasteiger partial charge < -0.3 is 9.88 Å². The van der Waals surface area contributed by atoms with E-state index in [1.54, 1.807) is 18.5 Å². The van der Waals surface area contributed by atoms with Crippen molar-refractivity contribution in [1.82, 2.24) is 25.0 Å². The molecule has 6 nitrogen and oxygen atoms in total. The minimum atomic E-state index is -0.894. The largest absolute Gasteiger partial charge is 0.354 e. The Morgan fingerprint density at radius 1 is 0.696 bits per heavy atom. The van der Waals surface area contributed by atoms with Gasteiger partial charge in [0, 0.05) is 51.3 Å². The number of nitrogens with one attached hydrogen (secondary N) is 3. The number of hydrogen-bond donors (Lipinski definition) is 3. The van der Waals surface area contributed by atoms with Crippen LogP contribution in [0.5, 0.6) is 0 Å². The first-order valence-corrected chi connectivity index (χ1v) is 14.7. The molecule has 0 aliphatic rings. The Bertz CT molecular complexity index is 2270. The maximum Gasteiger partial charge on any atom is 0.160 e. The molecule has 0 radical (unpaired) electrons. The van der Waals surface area contributed by atoms with Crippen LogP contribution >= 0.6 is 0 Å². The Hall–Kier alpha value is -5.56. The lowest BCUT2D eigenvalue weighted by molar-refractivity contribution is 0.508. The van der Waals surface area contributed by atoms with E-state index in [1.807, 2.05) is 42.7 Å². The molecule has 0 saturated carbocycles. The molecule has 7 aromatic rings. The highest BCUT2D eigenvalue weighted by Crippen LogP contribution is 2.32. The van der Waals surface area contributed by atoms with Gasteiger partial charge in [0.2, 0.25) is 0 Å². The van der Waals surface area contributed by atoms with E-state index in [-0.39, 0.29) is 11.8 Å². The van der Waals surface area contributed by atoms with Crippen LogP contribution in [0.3, 0.4) is 0 Å². The number of halogens is 4. The fraction of sp³-hybridized carbons (Fsp3) is 0.167. The van der Waals surface area contributed by atoms with Crippen molar-refractivity contribution in [3.05, 3.63) is 114 Å². The molecule has 10 heteroatoms. The molecule has 0 spiro atoms. The van der Waals surface area contributed by atoms with E-state index < -0.39 is 23.3 Å². The highest BCUT2D eigenvalue weighted by atomic mass is 19.2. The summed E-state index contributed by atoms with van der Waals surface area (Å²) in [6.07, 6.45) is 3.46. The van der Waals surface area contributed by atoms with E-state index in [1.165, 1.54) is 12.1 Å². The first-order valence-electron chi connectivity index (χ1n) is 14.7. The molecule has 0 fully saturated rings. The SMILES string of the molecule is CC(C)C#Cc1cc2[nH]ncc2cc1Nc1ccc(F)c(F)c1.CC(C)c1cc2cc3[nH]ncc3cc2n1-c1ccc(F)c(F)c1. The molecular formula is C36H30F4N6. The zero-order valence-electron chi connectivity index (χ0n) is 25.5. The first-order chi connectivity index (χ1) is 22.1. The van der Waals surface area contributed by atoms with Gasteiger partial charge in [0.05, 0.1) is 40.2 Å². The number of rotatable bonds is 4. The van der Waals surface area contributed by atoms with Crippen LogP contribution in [0.1, 0.15) is 44.9 Å². The standard InChI is InChI=1S/2C18H15F2N3/c1-10(2)17-6-11-5-16-12(9-21-22-16)7-18(11)23(17)13-3-4-14(19)15(20)8-13;1-11(2)3-4-12-7-18-13(10-21-23-18)8-17(12)22-14-5-6-15(19)16(20)9-14/h3-10H,1-2H3,(H,21,22);5-11,22H,1-2H3,(H,21,23). The van der Waals surface area contributed by atoms with E-state index in [0.717, 1.165) is 67.9 Å². The summed E-state index contributed by atoms with van der Waals surface area (Å²) in [5.41, 5.74) is 6.38. The smallest absolute Gasteiger partial charge is 0.160 e. The number of anilines is 2. The van der Waals surface area contributed by atoms with Crippen LogP contribution in [0.15, 0.2) is 79.1 Å². The van der Waals surface area contributed by atoms with Gasteiger partial charge in [-0.1, -0.05) is 39.5 Å². The van der Waals surface area contributed by atoms with Gasteiger partial charge in [-0.05, 0) is 60.5 Å². The third-order valence-corrected chi connectivity index (χ3v) is 7.42. The summed E-state index contributed by atoms with van der Waals surface area (Å²) in [6.45, 7) is 8.17. The maximum atomic E-state index is 13.7. The number of aromatic amines is 2. The molecule has 3 N–H and O–H groups in total. The van der Waals surface area contributed by atoms with E-state index in [2.05, 4.69) is 57.5 Å². The second kappa shape index (κ2) is 12.4. The summed E-state index contributed by atoms with van der Waals surface area (Å²) in [4.78, 5) is 0. The van der Waals surface area contributed by atoms with Crippen molar-refractivity contribution in [2.24, 2.45) is 5.92 Å². The van der Waals surface area contributed by atoms with E-state index in [9.17, 15) is 17.6 Å². The van der Waals surface area contributed by atoms with Crippen molar-refractivity contribution in [2.75, 3.05) is 5.32 Å². The number of H-pyrrole nitrogens is 2. The van der Waals surface area contributed by atoms with E-state index in [0.29, 0.717) is 11.4 Å². The van der Waals surface area contributed by atoms with Crippen molar-refractivity contribution < 1.29 is 17.6 Å². The van der Waals surface area contributed by atoms with Gasteiger partial charge in [-0.3, -0.25) is 10.2 Å². The van der Waals surface area contributed by atoms with Gasteiger partial charge in [0.25, 0.3) is 0 Å². The average molecular weight is 623 g/mol. The molecular weight excluding hydrogens is 592 g/mol. The molecule has 0 aliphatic heterocycles. The van der Waals surface area contributed by atoms with Crippen LogP contribution in [0.4, 0.5) is 28.9 Å². The second-order valence-electron chi connectivity index (χ2n) is 11.6. The lowest BCUT2D eigenvalue weighted by Gasteiger charge is -2.13. The van der Waals surface area contributed by atoms with Crippen LogP contribution in [-0.2, 0) is 0 Å². The van der Waals surface area contributed by atoms with Crippen molar-refractivity contribution in [1.29, 1.82) is 0 Å². The molecule has 3 aromatic heterocycles. The van der Waals surface area contributed by atoms with Crippen molar-refractivity contribution in [3.63, 3.8) is 0 Å². The molecule has 7 rings (SSSR count). The topological polar surface area (TPSA) is 74.3 Å². The number of fused-ring (bicyclic) bond motifs is 3. The third-order valence-electron chi connectivity index (χ3n) is 7.42. The molecule has 0 aliphatic carbocycles. The summed E-state index contributed by atoms with van der Waals surface area (Å²) in [5.74, 6) is 3.24. The van der Waals surface area contributed by atoms with Crippen LogP contribution in [0, 0.1) is 41.0 Å². The van der Waals surface area contributed by atoms with Crippen molar-refractivity contribution in [3.8, 4) is 17.5 Å². The molecule has 0 amide bonds. The van der Waals surface area contributed by atoms with Crippen LogP contribution < -0.4 is 5.32 Å². The van der Waals surface area contributed by atoms with Gasteiger partial charge in [0.15, 0.2) is 23.3 Å². The minimum absolute atomic E-state index is 0.226. The summed E-state index contributed by atoms with van der Waals surface area (Å²) in [6, 6.07) is 17.6. The van der Waals surface area contributed by atoms with E-state index in [4.69, 9.17) is 0 Å². The van der Waals surface area contributed by atoms with Crippen LogP contribution in [0.2, 0.25) is 0 Å². The lowest BCUT2D eigenvalue weighted by atomic mass is 10.1. The van der Waals surface area contributed by atoms with Crippen molar-refractivity contribution in [2.45, 2.75) is 33.6 Å². The number of benzene rings is 4. The van der Waals surface area contributed by atoms with E-state index >= 15 is 0 Å². The first kappa shape index (κ1) is 30.5. The Morgan fingerprint density at radius 3 is 2.00 bits per heavy atom. The summed E-state index contributed by atoms with van der Waals surface area (Å²) in [7, 11) is 0. The lowest BCUT2D eigenvalue weighted by Crippen LogP contribution is -2.02. The normalized spacial score (nSPS) is 11.3. The number of aromatic nitrogens is 5. The van der Waals surface area contributed by atoms with Gasteiger partial charge in [-0.2, -0.15) is 10.2 Å². The number of hydrogen-bond acceptors (Lipinski definition) is 3. The fourth-order valence-electron chi connectivity index (χ4n) is 5.16. The summed E-state index contributed by atoms with van der Waals surface area (Å²) < 4.78 is 55.4. The second-order valence-corrected chi connectivity index (χ2v) is 11.6. The molecule has 3 heterocycles. The fourth-order valence-corrected chi connectivity index (χ4v) is 5.16. The zero-order valence-corrected chi connectivity index (χ0v) is 25.5. The maximum absolute atomic E-state index is 13.7. The summed E-state index contributed by atoms with van der Waals surface area (Å²) in [5, 5.41) is 19.9. The molecule has 0 atom stereocenters. The highest BCUT2D eigenvalue weighted by molar-refractivity contribution is 5.96. The minimum Gasteiger partial charge on any atom is -0.354 e. The van der Waals surface area contributed by atoms with Gasteiger partial charge in [-0.25, -0.2) is 17.6 Å². The predicted molar refractivity (Wildman–Crippen MR) is 174 cm³/mol. The van der Waals surface area contributed by atoms with Gasteiger partial charge in [0.1, 0.15) is 0 Å². The monoisotopic (exact) mass is 622 g/mol. The molecule has 46 heavy (non-hydrogen) atoms. The van der Waals surface area contributed by atoms with Gasteiger partial charge in [-0.15, -0.1) is 0 Å². The van der Waals surface area contributed by atoms with Crippen molar-refractivity contribution >= 4 is 44.1 Å². The molecule has 0 bridgehead atoms. The number of nitrogens with zero attached hydrogens (tertiary/aromatic N) is 3. The van der Waals surface area contributed by atoms with Crippen LogP contribution in [0.25, 0.3) is 38.4 Å². The van der Waals surface area contributed by atoms with Gasteiger partial charge >= 0.3 is 0 Å². The molecule has 0 saturated heterocycles. The Morgan fingerprint density at radius 2 is 1.35 bits per heavy atom. The zero-order chi connectivity index (χ0) is 32.5. The predicted octanol–water partition coefficient (Wildman–Crippen LogP) is 9.50. The average Bonchev–Trinajstić information content (AvgIpc) is 3.76. The molecule has 0 unspecified atom stereocenters. The Labute approximate surface area is 262 Å². The Balaban J connectivity index is 0.000000162. The highest BCUT2D eigenvalue weighted by Gasteiger charge is 2.16. The third kappa shape index (κ3) is 6.17. The quantitative estimate of drug-likeness (QED) is 0.135. The summed E-state index contributed by atoms with van der Waals surface area (Å²) >= 11 is 0. The van der Waals surface area contributed by atoms with Crippen LogP contribution in [-0.4, -0.2) is 25.0 Å². The Kier molecular flexibility index (Phi) is 8.24.